The van der Waals surface area contributed by atoms with Crippen molar-refractivity contribution in [1.29, 1.82) is 0 Å². The lowest BCUT2D eigenvalue weighted by molar-refractivity contribution is -0.148. The number of aliphatic carboxylic acids is 1. The first-order valence-corrected chi connectivity index (χ1v) is 16.5. The van der Waals surface area contributed by atoms with Gasteiger partial charge in [0.25, 0.3) is 0 Å². The van der Waals surface area contributed by atoms with Crippen molar-refractivity contribution in [2.75, 3.05) is 5.75 Å². The monoisotopic (exact) mass is 607 g/mol. The number of carbonyl (C=O) groups is 2. The third-order valence-electron chi connectivity index (χ3n) is 8.95. The molecule has 2 aromatic carbocycles. The quantitative estimate of drug-likeness (QED) is 0.271. The fourth-order valence-corrected chi connectivity index (χ4v) is 9.64. The zero-order chi connectivity index (χ0) is 29.3. The molecule has 6 nitrogen and oxygen atoms in total. The molecule has 2 fully saturated rings. The summed E-state index contributed by atoms with van der Waals surface area (Å²) in [4.78, 5) is 25.5. The third-order valence-corrected chi connectivity index (χ3v) is 12.1. The SMILES string of the molecule is CC[C@@]1(CC(=O)O)C[C@H](c2cccc(Cl)c2)[C@H](C[C@@](c2ccc(Cl)cc2)(C2CC2)S(=O)(=O)CCC(C)C)NC1=O. The molecule has 1 saturated heterocycles. The fourth-order valence-electron chi connectivity index (χ4n) is 6.49. The summed E-state index contributed by atoms with van der Waals surface area (Å²) in [5.41, 5.74) is 0.454. The van der Waals surface area contributed by atoms with Crippen molar-refractivity contribution < 1.29 is 23.1 Å². The Labute approximate surface area is 247 Å². The summed E-state index contributed by atoms with van der Waals surface area (Å²) < 4.78 is 27.7. The summed E-state index contributed by atoms with van der Waals surface area (Å²) in [6, 6.07) is 13.9. The first kappa shape index (κ1) is 30.9. The van der Waals surface area contributed by atoms with Gasteiger partial charge in [0.1, 0.15) is 4.75 Å². The van der Waals surface area contributed by atoms with E-state index >= 15 is 0 Å². The minimum absolute atomic E-state index is 0.0458. The van der Waals surface area contributed by atoms with Gasteiger partial charge in [0.05, 0.1) is 17.6 Å². The van der Waals surface area contributed by atoms with Crippen molar-refractivity contribution >= 4 is 44.9 Å². The Balaban J connectivity index is 1.86. The molecular weight excluding hydrogens is 569 g/mol. The van der Waals surface area contributed by atoms with Gasteiger partial charge in [0.2, 0.25) is 5.91 Å². The molecule has 4 atom stereocenters. The number of rotatable bonds is 12. The highest BCUT2D eigenvalue weighted by Crippen LogP contribution is 2.56. The van der Waals surface area contributed by atoms with Crippen molar-refractivity contribution in [1.82, 2.24) is 5.32 Å². The van der Waals surface area contributed by atoms with Crippen molar-refractivity contribution in [2.45, 2.75) is 82.4 Å². The first-order chi connectivity index (χ1) is 18.8. The lowest BCUT2D eigenvalue weighted by atomic mass is 9.65. The number of sulfone groups is 1. The number of carboxylic acids is 1. The summed E-state index contributed by atoms with van der Waals surface area (Å²) >= 11 is 12.6. The van der Waals surface area contributed by atoms with E-state index in [1.165, 1.54) is 0 Å². The van der Waals surface area contributed by atoms with E-state index in [-0.39, 0.29) is 42.3 Å². The highest BCUT2D eigenvalue weighted by molar-refractivity contribution is 7.92. The molecule has 2 N–H and O–H groups in total. The second-order valence-corrected chi connectivity index (χ2v) is 15.3. The zero-order valence-corrected chi connectivity index (χ0v) is 25.7. The number of nitrogens with one attached hydrogen (secondary N) is 1. The molecule has 0 radical (unpaired) electrons. The topological polar surface area (TPSA) is 101 Å². The van der Waals surface area contributed by atoms with Crippen LogP contribution in [-0.2, 0) is 24.2 Å². The standard InChI is InChI=1S/C31H39Cl2NO5S/c1-4-30(19-28(35)36)17-26(21-6-5-7-25(33)16-21)27(34-29(30)37)18-31(22-8-9-22,23-10-12-24(32)13-11-23)40(38,39)15-14-20(2)3/h5-7,10-13,16,20,22,26-27H,4,8-9,14-15,17-19H2,1-3H3,(H,34,37)(H,35,36)/t26-,27+,30+,31+/m1/s1. The number of carbonyl (C=O) groups excluding carboxylic acids is 1. The van der Waals surface area contributed by atoms with Crippen LogP contribution in [0.1, 0.15) is 82.8 Å². The summed E-state index contributed by atoms with van der Waals surface area (Å²) in [6.45, 7) is 5.86. The van der Waals surface area contributed by atoms with Gasteiger partial charge in [0.15, 0.2) is 9.84 Å². The molecule has 218 valence electrons. The van der Waals surface area contributed by atoms with Gasteiger partial charge in [-0.2, -0.15) is 0 Å². The van der Waals surface area contributed by atoms with Crippen LogP contribution in [0.3, 0.4) is 0 Å². The highest BCUT2D eigenvalue weighted by Gasteiger charge is 2.58. The molecule has 2 aliphatic rings. The van der Waals surface area contributed by atoms with Crippen molar-refractivity contribution in [3.05, 3.63) is 69.7 Å². The molecule has 4 rings (SSSR count). The molecule has 0 aromatic heterocycles. The number of carboxylic acid groups (broad SMARTS) is 1. The summed E-state index contributed by atoms with van der Waals surface area (Å²) in [5.74, 6) is -1.51. The van der Waals surface area contributed by atoms with Gasteiger partial charge < -0.3 is 10.4 Å². The highest BCUT2D eigenvalue weighted by atomic mass is 35.5. The number of hydrogen-bond donors (Lipinski definition) is 2. The molecule has 0 bridgehead atoms. The third kappa shape index (κ3) is 6.22. The van der Waals surface area contributed by atoms with Gasteiger partial charge in [-0.25, -0.2) is 8.42 Å². The molecule has 0 unspecified atom stereocenters. The maximum atomic E-state index is 14.5. The Kier molecular flexibility index (Phi) is 9.28. The van der Waals surface area contributed by atoms with Gasteiger partial charge in [-0.05, 0) is 85.8 Å². The lowest BCUT2D eigenvalue weighted by Gasteiger charge is -2.47. The number of benzene rings is 2. The second-order valence-electron chi connectivity index (χ2n) is 12.0. The number of halogens is 2. The zero-order valence-electron chi connectivity index (χ0n) is 23.3. The van der Waals surface area contributed by atoms with Crippen LogP contribution in [0.2, 0.25) is 10.0 Å². The largest absolute Gasteiger partial charge is 0.481 e. The Hall–Kier alpha value is -2.09. The predicted molar refractivity (Wildman–Crippen MR) is 159 cm³/mol. The number of piperidine rings is 1. The molecule has 1 saturated carbocycles. The van der Waals surface area contributed by atoms with Crippen LogP contribution in [0.25, 0.3) is 0 Å². The molecule has 9 heteroatoms. The van der Waals surface area contributed by atoms with E-state index in [0.29, 0.717) is 34.9 Å². The fraction of sp³-hybridized carbons (Fsp3) is 0.548. The Morgan fingerprint density at radius 3 is 2.35 bits per heavy atom. The second kappa shape index (κ2) is 12.0. The summed E-state index contributed by atoms with van der Waals surface area (Å²) in [6.07, 6.45) is 2.64. The van der Waals surface area contributed by atoms with Gasteiger partial charge in [-0.3, -0.25) is 9.59 Å². The molecule has 1 aliphatic carbocycles. The van der Waals surface area contributed by atoms with Crippen molar-refractivity contribution in [3.63, 3.8) is 0 Å². The van der Waals surface area contributed by atoms with E-state index in [1.807, 2.05) is 51.1 Å². The minimum Gasteiger partial charge on any atom is -0.481 e. The van der Waals surface area contributed by atoms with Crippen LogP contribution >= 0.6 is 23.2 Å². The van der Waals surface area contributed by atoms with E-state index in [4.69, 9.17) is 23.2 Å². The minimum atomic E-state index is -3.68. The summed E-state index contributed by atoms with van der Waals surface area (Å²) in [7, 11) is -3.68. The van der Waals surface area contributed by atoms with E-state index in [2.05, 4.69) is 5.32 Å². The van der Waals surface area contributed by atoms with E-state index in [0.717, 1.165) is 18.4 Å². The van der Waals surface area contributed by atoms with Crippen LogP contribution < -0.4 is 5.32 Å². The first-order valence-electron chi connectivity index (χ1n) is 14.1. The van der Waals surface area contributed by atoms with Gasteiger partial charge in [0, 0.05) is 22.0 Å². The van der Waals surface area contributed by atoms with E-state index in [9.17, 15) is 23.1 Å². The molecule has 40 heavy (non-hydrogen) atoms. The molecular formula is C31H39Cl2NO5S. The molecule has 1 amide bonds. The van der Waals surface area contributed by atoms with Gasteiger partial charge in [-0.1, -0.05) is 68.2 Å². The van der Waals surface area contributed by atoms with Gasteiger partial charge >= 0.3 is 5.97 Å². The smallest absolute Gasteiger partial charge is 0.304 e. The number of hydrogen-bond acceptors (Lipinski definition) is 4. The number of amides is 1. The molecule has 0 spiro atoms. The average molecular weight is 609 g/mol. The van der Waals surface area contributed by atoms with E-state index in [1.54, 1.807) is 18.2 Å². The maximum Gasteiger partial charge on any atom is 0.304 e. The summed E-state index contributed by atoms with van der Waals surface area (Å²) in [5, 5.41) is 13.9. The van der Waals surface area contributed by atoms with Gasteiger partial charge in [-0.15, -0.1) is 0 Å². The maximum absolute atomic E-state index is 14.5. The van der Waals surface area contributed by atoms with Crippen LogP contribution in [0.4, 0.5) is 0 Å². The Bertz CT molecular complexity index is 1340. The Morgan fingerprint density at radius 2 is 1.80 bits per heavy atom. The van der Waals surface area contributed by atoms with Crippen LogP contribution in [-0.4, -0.2) is 37.2 Å². The predicted octanol–water partition coefficient (Wildman–Crippen LogP) is 6.99. The Morgan fingerprint density at radius 1 is 1.12 bits per heavy atom. The average Bonchev–Trinajstić information content (AvgIpc) is 3.73. The lowest BCUT2D eigenvalue weighted by Crippen LogP contribution is -2.57. The van der Waals surface area contributed by atoms with Crippen molar-refractivity contribution in [3.8, 4) is 0 Å². The van der Waals surface area contributed by atoms with Crippen LogP contribution in [0, 0.1) is 17.3 Å². The molecule has 1 heterocycles. The van der Waals surface area contributed by atoms with Crippen LogP contribution in [0.5, 0.6) is 0 Å². The molecule has 2 aromatic rings. The van der Waals surface area contributed by atoms with Crippen molar-refractivity contribution in [2.24, 2.45) is 17.3 Å². The molecule has 1 aliphatic heterocycles. The normalized spacial score (nSPS) is 24.9. The van der Waals surface area contributed by atoms with Crippen LogP contribution in [0.15, 0.2) is 48.5 Å². The van der Waals surface area contributed by atoms with E-state index < -0.39 is 32.0 Å².